The number of halogens is 1. The maximum atomic E-state index is 7.04. The van der Waals surface area contributed by atoms with Gasteiger partial charge in [-0.05, 0) is 19.1 Å². The fraction of sp³-hybridized carbons (Fsp3) is 0.222. The van der Waals surface area contributed by atoms with E-state index in [9.17, 15) is 0 Å². The van der Waals surface area contributed by atoms with E-state index in [2.05, 4.69) is 19.1 Å². The average molecular weight is 216 g/mol. The molecule has 13 heavy (non-hydrogen) atoms. The zero-order chi connectivity index (χ0) is 8.97. The molecule has 3 N–H and O–H groups in total. The number of hydrogen-bond acceptors (Lipinski definition) is 2. The van der Waals surface area contributed by atoms with Crippen LogP contribution in [0.3, 0.4) is 0 Å². The molecule has 0 aliphatic heterocycles. The Bertz CT molecular complexity index is 271. The summed E-state index contributed by atoms with van der Waals surface area (Å²) in [5.74, 6) is 0.795. The lowest BCUT2D eigenvalue weighted by atomic mass is 10.2. The summed E-state index contributed by atoms with van der Waals surface area (Å²) in [6.45, 7) is 2.05. The number of hydrogen-bond donors (Lipinski definition) is 2. The Morgan fingerprint density at radius 1 is 1.38 bits per heavy atom. The highest BCUT2D eigenvalue weighted by Crippen LogP contribution is 2.17. The van der Waals surface area contributed by atoms with Gasteiger partial charge in [-0.25, -0.2) is 0 Å². The Kier molecular flexibility index (Phi) is 5.58. The van der Waals surface area contributed by atoms with Gasteiger partial charge in [0.25, 0.3) is 0 Å². The van der Waals surface area contributed by atoms with Crippen LogP contribution in [0.15, 0.2) is 29.2 Å². The van der Waals surface area contributed by atoms with Gasteiger partial charge in [-0.3, -0.25) is 5.41 Å². The zero-order valence-electron chi connectivity index (χ0n) is 7.38. The molecular formula is C9H12ClN2S-. The van der Waals surface area contributed by atoms with Gasteiger partial charge in [0, 0.05) is 4.90 Å². The highest BCUT2D eigenvalue weighted by Gasteiger charge is 1.94. The quantitative estimate of drug-likeness (QED) is 0.387. The first-order valence-electron chi connectivity index (χ1n) is 3.71. The summed E-state index contributed by atoms with van der Waals surface area (Å²) >= 11 is 1.59. The van der Waals surface area contributed by atoms with E-state index >= 15 is 0 Å². The second-order valence-electron chi connectivity index (χ2n) is 2.63. The lowest BCUT2D eigenvalue weighted by Gasteiger charge is -1.99. The SMILES string of the molecule is Cc1ccc(SCC(=N)N)cc1.[Cl-]. The number of thioether (sulfide) groups is 1. The summed E-state index contributed by atoms with van der Waals surface area (Å²) in [7, 11) is 0. The molecule has 0 fully saturated rings. The molecular weight excluding hydrogens is 204 g/mol. The Morgan fingerprint density at radius 3 is 2.38 bits per heavy atom. The van der Waals surface area contributed by atoms with Crippen molar-refractivity contribution < 1.29 is 12.4 Å². The van der Waals surface area contributed by atoms with Gasteiger partial charge in [0.05, 0.1) is 5.75 Å². The van der Waals surface area contributed by atoms with Crippen LogP contribution in [0.5, 0.6) is 0 Å². The predicted octanol–water partition coefficient (Wildman–Crippen LogP) is -0.973. The van der Waals surface area contributed by atoms with Crippen LogP contribution in [0.25, 0.3) is 0 Å². The molecule has 0 unspecified atom stereocenters. The Labute approximate surface area is 88.8 Å². The van der Waals surface area contributed by atoms with E-state index in [1.165, 1.54) is 5.56 Å². The van der Waals surface area contributed by atoms with Crippen LogP contribution in [0.2, 0.25) is 0 Å². The van der Waals surface area contributed by atoms with Crippen molar-refractivity contribution in [3.05, 3.63) is 29.8 Å². The second-order valence-corrected chi connectivity index (χ2v) is 3.68. The third-order valence-electron chi connectivity index (χ3n) is 1.42. The van der Waals surface area contributed by atoms with Gasteiger partial charge in [-0.2, -0.15) is 0 Å². The van der Waals surface area contributed by atoms with Crippen LogP contribution in [-0.2, 0) is 0 Å². The minimum Gasteiger partial charge on any atom is -1.00 e. The van der Waals surface area contributed by atoms with Gasteiger partial charge >= 0.3 is 0 Å². The summed E-state index contributed by atoms with van der Waals surface area (Å²) in [5, 5.41) is 7.04. The smallest absolute Gasteiger partial charge is 0.101 e. The Balaban J connectivity index is 0.00000144. The van der Waals surface area contributed by atoms with Crippen LogP contribution >= 0.6 is 11.8 Å². The van der Waals surface area contributed by atoms with Crippen molar-refractivity contribution in [2.75, 3.05) is 5.75 Å². The predicted molar refractivity (Wildman–Crippen MR) is 53.8 cm³/mol. The molecule has 0 aliphatic rings. The van der Waals surface area contributed by atoms with E-state index in [0.29, 0.717) is 5.75 Å². The van der Waals surface area contributed by atoms with Crippen molar-refractivity contribution in [2.45, 2.75) is 11.8 Å². The van der Waals surface area contributed by atoms with Gasteiger partial charge in [-0.1, -0.05) is 17.7 Å². The molecule has 0 saturated heterocycles. The fourth-order valence-electron chi connectivity index (χ4n) is 0.796. The van der Waals surface area contributed by atoms with Crippen LogP contribution < -0.4 is 18.1 Å². The first-order chi connectivity index (χ1) is 5.68. The maximum Gasteiger partial charge on any atom is 0.101 e. The van der Waals surface area contributed by atoms with Gasteiger partial charge in [0.2, 0.25) is 0 Å². The number of nitrogens with one attached hydrogen (secondary N) is 1. The van der Waals surface area contributed by atoms with Crippen LogP contribution in [0.1, 0.15) is 5.56 Å². The first-order valence-corrected chi connectivity index (χ1v) is 4.69. The number of aryl methyl sites for hydroxylation is 1. The van der Waals surface area contributed by atoms with Gasteiger partial charge in [-0.15, -0.1) is 11.8 Å². The molecule has 0 spiro atoms. The standard InChI is InChI=1S/C9H12N2S.ClH/c1-7-2-4-8(5-3-7)12-6-9(10)11;/h2-5H,6H2,1H3,(H3,10,11);1H/p-1. The van der Waals surface area contributed by atoms with Crippen molar-refractivity contribution in [2.24, 2.45) is 5.73 Å². The normalized spacial score (nSPS) is 9.00. The third kappa shape index (κ3) is 4.80. The minimum atomic E-state index is 0. The maximum absolute atomic E-state index is 7.04. The van der Waals surface area contributed by atoms with Crippen molar-refractivity contribution in [1.29, 1.82) is 5.41 Å². The topological polar surface area (TPSA) is 49.9 Å². The van der Waals surface area contributed by atoms with Crippen molar-refractivity contribution in [3.63, 3.8) is 0 Å². The highest BCUT2D eigenvalue weighted by molar-refractivity contribution is 8.00. The summed E-state index contributed by atoms with van der Waals surface area (Å²) in [4.78, 5) is 1.16. The van der Waals surface area contributed by atoms with Crippen LogP contribution in [0, 0.1) is 12.3 Å². The Hall–Kier alpha value is -0.670. The molecule has 0 atom stereocenters. The number of benzene rings is 1. The molecule has 0 radical (unpaired) electrons. The molecule has 0 amide bonds. The molecule has 2 nitrogen and oxygen atoms in total. The van der Waals surface area contributed by atoms with E-state index in [1.54, 1.807) is 11.8 Å². The van der Waals surface area contributed by atoms with Gasteiger partial charge in [0.15, 0.2) is 0 Å². The van der Waals surface area contributed by atoms with E-state index < -0.39 is 0 Å². The molecule has 1 aromatic rings. The van der Waals surface area contributed by atoms with E-state index in [4.69, 9.17) is 11.1 Å². The third-order valence-corrected chi connectivity index (χ3v) is 2.48. The molecule has 1 aromatic carbocycles. The average Bonchev–Trinajstić information content (AvgIpc) is 2.03. The lowest BCUT2D eigenvalue weighted by molar-refractivity contribution is -0.00000294. The molecule has 1 rings (SSSR count). The molecule has 0 aliphatic carbocycles. The summed E-state index contributed by atoms with van der Waals surface area (Å²) in [5.41, 5.74) is 6.48. The number of nitrogens with two attached hydrogens (primary N) is 1. The zero-order valence-corrected chi connectivity index (χ0v) is 8.95. The fourth-order valence-corrected chi connectivity index (χ4v) is 1.45. The lowest BCUT2D eigenvalue weighted by Crippen LogP contribution is -3.00. The summed E-state index contributed by atoms with van der Waals surface area (Å²) in [6.07, 6.45) is 0. The molecule has 0 bridgehead atoms. The van der Waals surface area contributed by atoms with Crippen LogP contribution in [0.4, 0.5) is 0 Å². The van der Waals surface area contributed by atoms with Crippen LogP contribution in [-0.4, -0.2) is 11.6 Å². The number of amidine groups is 1. The Morgan fingerprint density at radius 2 is 1.92 bits per heavy atom. The largest absolute Gasteiger partial charge is 1.00 e. The second kappa shape index (κ2) is 5.89. The van der Waals surface area contributed by atoms with Gasteiger partial charge < -0.3 is 18.1 Å². The van der Waals surface area contributed by atoms with E-state index in [1.807, 2.05) is 12.1 Å². The van der Waals surface area contributed by atoms with E-state index in [0.717, 1.165) is 4.90 Å². The van der Waals surface area contributed by atoms with Crippen molar-refractivity contribution in [1.82, 2.24) is 0 Å². The monoisotopic (exact) mass is 215 g/mol. The number of rotatable bonds is 3. The van der Waals surface area contributed by atoms with E-state index in [-0.39, 0.29) is 18.2 Å². The summed E-state index contributed by atoms with van der Waals surface area (Å²) in [6, 6.07) is 8.21. The first kappa shape index (κ1) is 12.3. The molecule has 4 heteroatoms. The summed E-state index contributed by atoms with van der Waals surface area (Å²) < 4.78 is 0. The highest BCUT2D eigenvalue weighted by atomic mass is 35.5. The molecule has 0 saturated carbocycles. The van der Waals surface area contributed by atoms with Crippen molar-refractivity contribution in [3.8, 4) is 0 Å². The van der Waals surface area contributed by atoms with Gasteiger partial charge in [0.1, 0.15) is 5.84 Å². The molecule has 72 valence electrons. The minimum absolute atomic E-state index is 0. The molecule has 0 heterocycles. The van der Waals surface area contributed by atoms with Crippen molar-refractivity contribution >= 4 is 17.6 Å². The molecule has 0 aromatic heterocycles.